The minimum Gasteiger partial charge on any atom is -0.445 e. The average Bonchev–Trinajstić information content (AvgIpc) is 0.927. The van der Waals surface area contributed by atoms with Gasteiger partial charge in [-0.2, -0.15) is 0 Å². The number of rotatable bonds is 41. The topological polar surface area (TPSA) is 494 Å². The van der Waals surface area contributed by atoms with Crippen LogP contribution in [-0.4, -0.2) is 193 Å². The first-order valence-corrected chi connectivity index (χ1v) is 43.6. The van der Waals surface area contributed by atoms with Crippen molar-refractivity contribution in [3.8, 4) is 0 Å². The van der Waals surface area contributed by atoms with E-state index < -0.39 is 150 Å². The largest absolute Gasteiger partial charge is 0.445 e. The molecule has 6 aromatic rings. The van der Waals surface area contributed by atoms with E-state index in [9.17, 15) is 48.6 Å². The van der Waals surface area contributed by atoms with E-state index in [2.05, 4.69) is 74.4 Å². The van der Waals surface area contributed by atoms with Crippen molar-refractivity contribution in [2.45, 2.75) is 236 Å². The molecule has 0 bridgehead atoms. The molecule has 35 nitrogen and oxygen atoms in total. The summed E-state index contributed by atoms with van der Waals surface area (Å²) in [6, 6.07) is 39.0. The Morgan fingerprint density at radius 2 is 0.703 bits per heavy atom. The zero-order valence-electron chi connectivity index (χ0n) is 73.0. The number of nitrogens with one attached hydrogen (secondary N) is 14. The second-order valence-corrected chi connectivity index (χ2v) is 31.6. The van der Waals surface area contributed by atoms with Gasteiger partial charge >= 0.3 is 30.5 Å². The van der Waals surface area contributed by atoms with Crippen LogP contribution >= 0.6 is 0 Å². The van der Waals surface area contributed by atoms with Crippen molar-refractivity contribution in [2.75, 3.05) is 32.7 Å². The van der Waals surface area contributed by atoms with Crippen molar-refractivity contribution in [2.24, 2.45) is 5.92 Å². The molecule has 1 aliphatic heterocycles. The number of benzene rings is 6. The van der Waals surface area contributed by atoms with Gasteiger partial charge in [0.05, 0.1) is 12.2 Å². The third-order valence-electron chi connectivity index (χ3n) is 20.6. The van der Waals surface area contributed by atoms with E-state index in [1.165, 1.54) is 13.8 Å². The first-order valence-electron chi connectivity index (χ1n) is 43.6. The van der Waals surface area contributed by atoms with Gasteiger partial charge in [0.1, 0.15) is 87.4 Å². The van der Waals surface area contributed by atoms with Crippen LogP contribution in [0.15, 0.2) is 182 Å². The Bertz CT molecular complexity index is 4430. The molecule has 1 aliphatic rings. The number of unbranched alkanes of at least 4 members (excludes halogenated alkanes) is 4. The Balaban J connectivity index is 1.22. The summed E-state index contributed by atoms with van der Waals surface area (Å²) < 4.78 is 26.9. The molecule has 128 heavy (non-hydrogen) atoms. The average molecular weight is 1770 g/mol. The third-order valence-corrected chi connectivity index (χ3v) is 20.6. The quantitative estimate of drug-likeness (QED) is 0.0137. The normalized spacial score (nSPS) is 18.4. The fourth-order valence-corrected chi connectivity index (χ4v) is 13.5. The van der Waals surface area contributed by atoms with Gasteiger partial charge in [0.25, 0.3) is 0 Å². The highest BCUT2D eigenvalue weighted by atomic mass is 16.6. The van der Waals surface area contributed by atoms with Gasteiger partial charge in [0.15, 0.2) is 0 Å². The molecule has 16 N–H and O–H groups in total. The standard InChI is InChI=1S/C93H124N14O21/c1-62(2)55-76-85(115)102-72(46-24-29-51-95-89(119)124-57-66-35-13-6-14-36-66)81(111)101-75(49-27-32-54-98-92(122)127-60-69-41-19-9-20-42-69)84(114)106-78(63(3)108)87(117)94-50-28-23-45-71(80(110)100-73(47-25-30-52-96-90(120)125-58-67-37-15-7-16-38-67)83(113)105-77(86(116)104-76)56-65-33-11-5-12-34-65)99-82(112)74(48-26-31-53-97-91(121)126-59-68-39-17-8-18-40-68)103-88(118)79(64(4)109)107-93(123)128-61-70-43-21-10-22-44-70/h5-22,33-44,62-64,71-79,108-109H,23-32,45-61H2,1-4H3,(H,94,117)(H,95,119)(H,96,120)(H,97,121)(H,98,122)(H,99,112)(H,100,110)(H,101,111)(H,102,115)(H,103,118)(H,104,116)(H,105,113)(H,106,114)(H,107,123)/t63-,64-,71+,72+,73+,74+,75+,76+,77-,78-,79+/m1/s1. The van der Waals surface area contributed by atoms with Gasteiger partial charge in [-0.3, -0.25) is 43.2 Å². The molecular formula is C93H124N14O21. The number of alkyl carbamates (subject to hydrolysis) is 5. The van der Waals surface area contributed by atoms with Crippen molar-refractivity contribution in [1.29, 1.82) is 0 Å². The Kier molecular flexibility index (Phi) is 45.7. The van der Waals surface area contributed by atoms with Crippen molar-refractivity contribution < 1.29 is 101 Å². The summed E-state index contributed by atoms with van der Waals surface area (Å²) in [7, 11) is 0. The molecule has 14 amide bonds. The fourth-order valence-electron chi connectivity index (χ4n) is 13.5. The first kappa shape index (κ1) is 102. The SMILES string of the molecule is CC(C)C[C@@H]1NC(=O)[C@@H](Cc2ccccc2)NC(=O)[C@H](CCCCNC(=O)OCc2ccccc2)NC(=O)[C@@H](NC(=O)[C@H](CCCCNC(=O)OCc2ccccc2)NC(=O)[C@@H](NC(=O)OCc2ccccc2)[C@@H](C)O)CCCCNC(=O)[C@@H]([C@@H](C)O)NC(=O)[C@H](CCCCNC(=O)OCc2ccccc2)NC(=O)[C@H](CCCCNC(=O)OCc2ccccc2)NC1=O. The summed E-state index contributed by atoms with van der Waals surface area (Å²) in [5.74, 6) is -8.73. The molecule has 1 heterocycles. The molecule has 0 radical (unpaired) electrons. The molecule has 6 aromatic carbocycles. The van der Waals surface area contributed by atoms with Crippen LogP contribution < -0.4 is 74.4 Å². The lowest BCUT2D eigenvalue weighted by atomic mass is 9.99. The molecule has 1 fully saturated rings. The van der Waals surface area contributed by atoms with Crippen LogP contribution in [0, 0.1) is 5.92 Å². The van der Waals surface area contributed by atoms with Crippen molar-refractivity contribution in [3.05, 3.63) is 215 Å². The van der Waals surface area contributed by atoms with E-state index in [-0.39, 0.29) is 181 Å². The Morgan fingerprint density at radius 3 is 1.09 bits per heavy atom. The Labute approximate surface area is 746 Å². The van der Waals surface area contributed by atoms with Crippen molar-refractivity contribution >= 4 is 83.6 Å². The second-order valence-electron chi connectivity index (χ2n) is 31.6. The van der Waals surface area contributed by atoms with Crippen LogP contribution in [0.5, 0.6) is 0 Å². The van der Waals surface area contributed by atoms with E-state index in [0.717, 1.165) is 22.3 Å². The van der Waals surface area contributed by atoms with Gasteiger partial charge < -0.3 is 108 Å². The predicted molar refractivity (Wildman–Crippen MR) is 473 cm³/mol. The van der Waals surface area contributed by atoms with Gasteiger partial charge in [-0.05, 0) is 156 Å². The highest BCUT2D eigenvalue weighted by Gasteiger charge is 2.38. The number of aliphatic hydroxyl groups is 2. The lowest BCUT2D eigenvalue weighted by Gasteiger charge is -2.29. The van der Waals surface area contributed by atoms with Crippen LogP contribution in [0.1, 0.15) is 164 Å². The smallest absolute Gasteiger partial charge is 0.408 e. The molecule has 7 rings (SSSR count). The van der Waals surface area contributed by atoms with Gasteiger partial charge in [-0.1, -0.05) is 196 Å². The summed E-state index contributed by atoms with van der Waals surface area (Å²) in [6.45, 7) is 5.72. The van der Waals surface area contributed by atoms with E-state index in [4.69, 9.17) is 23.7 Å². The molecule has 35 heteroatoms. The highest BCUT2D eigenvalue weighted by Crippen LogP contribution is 2.17. The minimum absolute atomic E-state index is 0.00819. The van der Waals surface area contributed by atoms with Crippen molar-refractivity contribution in [3.63, 3.8) is 0 Å². The summed E-state index contributed by atoms with van der Waals surface area (Å²) in [6.07, 6.45) is -6.93. The molecule has 692 valence electrons. The predicted octanol–water partition coefficient (Wildman–Crippen LogP) is 6.90. The fraction of sp³-hybridized carbons (Fsp3) is 0.462. The molecule has 11 atom stereocenters. The number of aliphatic hydroxyl groups excluding tert-OH is 2. The van der Waals surface area contributed by atoms with Crippen molar-refractivity contribution in [1.82, 2.24) is 74.4 Å². The van der Waals surface area contributed by atoms with Crippen LogP contribution in [0.3, 0.4) is 0 Å². The van der Waals surface area contributed by atoms with Crippen LogP contribution in [0.4, 0.5) is 24.0 Å². The Morgan fingerprint density at radius 1 is 0.367 bits per heavy atom. The molecule has 0 aromatic heterocycles. The van der Waals surface area contributed by atoms with Gasteiger partial charge in [0, 0.05) is 39.1 Å². The molecule has 1 saturated heterocycles. The highest BCUT2D eigenvalue weighted by molar-refractivity contribution is 5.99. The maximum absolute atomic E-state index is 15.5. The Hall–Kier alpha value is -13.2. The number of hydrogen-bond donors (Lipinski definition) is 16. The molecule has 0 unspecified atom stereocenters. The van der Waals surface area contributed by atoms with E-state index in [0.29, 0.717) is 11.1 Å². The summed E-state index contributed by atoms with van der Waals surface area (Å²) in [5, 5.41) is 60.1. The zero-order valence-corrected chi connectivity index (χ0v) is 73.0. The molecule has 0 saturated carbocycles. The first-order chi connectivity index (χ1) is 61.8. The number of carbonyl (C=O) groups is 14. The summed E-state index contributed by atoms with van der Waals surface area (Å²) >= 11 is 0. The molecular weight excluding hydrogens is 1650 g/mol. The van der Waals surface area contributed by atoms with E-state index in [1.54, 1.807) is 172 Å². The number of ether oxygens (including phenoxy) is 5. The third kappa shape index (κ3) is 40.0. The molecule has 0 aliphatic carbocycles. The van der Waals surface area contributed by atoms with Gasteiger partial charge in [-0.15, -0.1) is 0 Å². The van der Waals surface area contributed by atoms with Crippen LogP contribution in [0.2, 0.25) is 0 Å². The number of hydrogen-bond acceptors (Lipinski definition) is 21. The monoisotopic (exact) mass is 1770 g/mol. The second kappa shape index (κ2) is 57.4. The summed E-state index contributed by atoms with van der Waals surface area (Å²) in [4.78, 5) is 200. The van der Waals surface area contributed by atoms with Gasteiger partial charge in [-0.25, -0.2) is 24.0 Å². The van der Waals surface area contributed by atoms with Crippen LogP contribution in [0.25, 0.3) is 0 Å². The number of carbonyl (C=O) groups excluding carboxylic acids is 14. The maximum Gasteiger partial charge on any atom is 0.408 e. The van der Waals surface area contributed by atoms with Crippen LogP contribution in [-0.2, 0) is 106 Å². The number of amides is 14. The minimum atomic E-state index is -1.73. The van der Waals surface area contributed by atoms with Gasteiger partial charge in [0.2, 0.25) is 53.2 Å². The lowest BCUT2D eigenvalue weighted by molar-refractivity contribution is -0.136. The van der Waals surface area contributed by atoms with E-state index >= 15 is 28.8 Å². The van der Waals surface area contributed by atoms with E-state index in [1.807, 2.05) is 24.3 Å². The summed E-state index contributed by atoms with van der Waals surface area (Å²) in [5.41, 5.74) is 4.11. The lowest BCUT2D eigenvalue weighted by Crippen LogP contribution is -2.61. The molecule has 0 spiro atoms. The zero-order chi connectivity index (χ0) is 92.2. The maximum atomic E-state index is 15.5.